The highest BCUT2D eigenvalue weighted by molar-refractivity contribution is 5.94. The van der Waals surface area contributed by atoms with Gasteiger partial charge in [-0.05, 0) is 57.5 Å². The minimum atomic E-state index is -0.494. The molecule has 1 heterocycles. The molecule has 2 N–H and O–H groups in total. The van der Waals surface area contributed by atoms with E-state index in [2.05, 4.69) is 24.1 Å². The van der Waals surface area contributed by atoms with E-state index in [0.717, 1.165) is 25.1 Å². The zero-order valence-corrected chi connectivity index (χ0v) is 13.6. The van der Waals surface area contributed by atoms with Gasteiger partial charge in [-0.15, -0.1) is 0 Å². The summed E-state index contributed by atoms with van der Waals surface area (Å²) < 4.78 is 5.09. The Labute approximate surface area is 132 Å². The van der Waals surface area contributed by atoms with Crippen LogP contribution in [0.2, 0.25) is 0 Å². The van der Waals surface area contributed by atoms with Crippen LogP contribution in [0.15, 0.2) is 24.3 Å². The number of ether oxygens (including phenoxy) is 1. The molecule has 2 rings (SSSR count). The van der Waals surface area contributed by atoms with Gasteiger partial charge in [0.2, 0.25) is 0 Å². The zero-order chi connectivity index (χ0) is 16.1. The van der Waals surface area contributed by atoms with Crippen LogP contribution in [0.25, 0.3) is 0 Å². The highest BCUT2D eigenvalue weighted by Crippen LogP contribution is 2.16. The second kappa shape index (κ2) is 7.61. The second-order valence-corrected chi connectivity index (χ2v) is 6.11. The molecule has 1 aromatic rings. The quantitative estimate of drug-likeness (QED) is 0.888. The third kappa shape index (κ3) is 4.21. The van der Waals surface area contributed by atoms with Crippen molar-refractivity contribution < 1.29 is 14.6 Å². The molecule has 122 valence electrons. The maximum atomic E-state index is 12.4. The molecule has 22 heavy (non-hydrogen) atoms. The molecular formula is C17H26N2O3. The number of likely N-dealkylation sites (tertiary alicyclic amines) is 1. The van der Waals surface area contributed by atoms with Crippen molar-refractivity contribution in [2.45, 2.75) is 44.9 Å². The van der Waals surface area contributed by atoms with Gasteiger partial charge in [-0.3, -0.25) is 9.69 Å². The summed E-state index contributed by atoms with van der Waals surface area (Å²) in [5, 5.41) is 13.2. The van der Waals surface area contributed by atoms with Crippen molar-refractivity contribution in [3.8, 4) is 5.75 Å². The molecule has 0 radical (unpaired) electrons. The Morgan fingerprint density at radius 1 is 1.36 bits per heavy atom. The summed E-state index contributed by atoms with van der Waals surface area (Å²) in [6, 6.07) is 7.16. The molecular weight excluding hydrogens is 280 g/mol. The summed E-state index contributed by atoms with van der Waals surface area (Å²) in [5.74, 6) is 0.564. The van der Waals surface area contributed by atoms with Gasteiger partial charge in [0.05, 0.1) is 19.3 Å². The van der Waals surface area contributed by atoms with E-state index < -0.39 is 6.10 Å². The summed E-state index contributed by atoms with van der Waals surface area (Å²) >= 11 is 0. The number of nitrogens with zero attached hydrogens (tertiary/aromatic N) is 1. The van der Waals surface area contributed by atoms with Crippen molar-refractivity contribution >= 4 is 5.91 Å². The molecule has 0 aliphatic carbocycles. The van der Waals surface area contributed by atoms with Crippen molar-refractivity contribution in [2.24, 2.45) is 0 Å². The Morgan fingerprint density at radius 3 is 2.64 bits per heavy atom. The minimum absolute atomic E-state index is 0.155. The number of hydrogen-bond acceptors (Lipinski definition) is 4. The molecule has 1 aromatic carbocycles. The van der Waals surface area contributed by atoms with Gasteiger partial charge in [0.1, 0.15) is 5.75 Å². The Balaban J connectivity index is 2.03. The number of hydrogen-bond donors (Lipinski definition) is 2. The first-order valence-electron chi connectivity index (χ1n) is 7.88. The van der Waals surface area contributed by atoms with Gasteiger partial charge in [0.15, 0.2) is 0 Å². The first-order valence-corrected chi connectivity index (χ1v) is 7.88. The number of carbonyl (C=O) groups is 1. The molecule has 1 saturated heterocycles. The maximum absolute atomic E-state index is 12.4. The number of benzene rings is 1. The van der Waals surface area contributed by atoms with Crippen LogP contribution in [0.5, 0.6) is 5.75 Å². The van der Waals surface area contributed by atoms with Gasteiger partial charge < -0.3 is 15.2 Å². The first kappa shape index (κ1) is 16.8. The van der Waals surface area contributed by atoms with Gasteiger partial charge in [0.25, 0.3) is 5.91 Å². The number of aliphatic hydroxyl groups excluding tert-OH is 1. The monoisotopic (exact) mass is 306 g/mol. The predicted octanol–water partition coefficient (Wildman–Crippen LogP) is 1.66. The SMILES string of the molecule is COc1ccc(C(=O)N[C@@H]2CN(C(C)C)CCC[C@H]2O)cc1. The molecule has 0 aromatic heterocycles. The van der Waals surface area contributed by atoms with E-state index in [1.165, 1.54) is 0 Å². The fourth-order valence-electron chi connectivity index (χ4n) is 2.78. The van der Waals surface area contributed by atoms with E-state index in [1.807, 2.05) is 0 Å². The number of rotatable bonds is 4. The van der Waals surface area contributed by atoms with Crippen LogP contribution in [0, 0.1) is 0 Å². The average molecular weight is 306 g/mol. The second-order valence-electron chi connectivity index (χ2n) is 6.11. The highest BCUT2D eigenvalue weighted by atomic mass is 16.5. The summed E-state index contributed by atoms with van der Waals surface area (Å²) in [4.78, 5) is 14.7. The van der Waals surface area contributed by atoms with Crippen LogP contribution in [0.4, 0.5) is 0 Å². The Bertz CT molecular complexity index is 487. The van der Waals surface area contributed by atoms with Crippen LogP contribution in [-0.4, -0.2) is 54.3 Å². The predicted molar refractivity (Wildman–Crippen MR) is 86.2 cm³/mol. The molecule has 2 atom stereocenters. The molecule has 5 heteroatoms. The number of aliphatic hydroxyl groups is 1. The largest absolute Gasteiger partial charge is 0.497 e. The summed E-state index contributed by atoms with van der Waals surface area (Å²) in [5.41, 5.74) is 0.577. The number of carbonyl (C=O) groups excluding carboxylic acids is 1. The normalized spacial score (nSPS) is 23.1. The summed E-state index contributed by atoms with van der Waals surface area (Å²) in [6.07, 6.45) is 1.18. The Hall–Kier alpha value is -1.59. The first-order chi connectivity index (χ1) is 10.5. The highest BCUT2D eigenvalue weighted by Gasteiger charge is 2.28. The lowest BCUT2D eigenvalue weighted by atomic mass is 10.1. The van der Waals surface area contributed by atoms with E-state index in [0.29, 0.717) is 18.2 Å². The molecule has 1 amide bonds. The van der Waals surface area contributed by atoms with E-state index in [4.69, 9.17) is 4.74 Å². The minimum Gasteiger partial charge on any atom is -0.497 e. The van der Waals surface area contributed by atoms with Crippen LogP contribution in [0.3, 0.4) is 0 Å². The van der Waals surface area contributed by atoms with Crippen LogP contribution < -0.4 is 10.1 Å². The Kier molecular flexibility index (Phi) is 5.80. The molecule has 0 spiro atoms. The number of amides is 1. The van der Waals surface area contributed by atoms with Crippen LogP contribution in [-0.2, 0) is 0 Å². The van der Waals surface area contributed by atoms with E-state index in [-0.39, 0.29) is 11.9 Å². The third-order valence-electron chi connectivity index (χ3n) is 4.24. The van der Waals surface area contributed by atoms with Gasteiger partial charge in [-0.1, -0.05) is 0 Å². The van der Waals surface area contributed by atoms with Crippen molar-refractivity contribution in [1.82, 2.24) is 10.2 Å². The van der Waals surface area contributed by atoms with Gasteiger partial charge >= 0.3 is 0 Å². The number of nitrogens with one attached hydrogen (secondary N) is 1. The van der Waals surface area contributed by atoms with Crippen LogP contribution in [0.1, 0.15) is 37.0 Å². The number of methoxy groups -OCH3 is 1. The molecule has 0 saturated carbocycles. The molecule has 0 bridgehead atoms. The lowest BCUT2D eigenvalue weighted by molar-refractivity contribution is 0.0786. The lowest BCUT2D eigenvalue weighted by Gasteiger charge is -2.29. The van der Waals surface area contributed by atoms with Gasteiger partial charge in [0, 0.05) is 18.2 Å². The van der Waals surface area contributed by atoms with Crippen molar-refractivity contribution in [3.05, 3.63) is 29.8 Å². The maximum Gasteiger partial charge on any atom is 0.251 e. The fourth-order valence-corrected chi connectivity index (χ4v) is 2.78. The molecule has 1 aliphatic heterocycles. The van der Waals surface area contributed by atoms with E-state index in [9.17, 15) is 9.90 Å². The fraction of sp³-hybridized carbons (Fsp3) is 0.588. The molecule has 1 aliphatic rings. The van der Waals surface area contributed by atoms with E-state index in [1.54, 1.807) is 31.4 Å². The summed E-state index contributed by atoms with van der Waals surface area (Å²) in [6.45, 7) is 5.92. The van der Waals surface area contributed by atoms with Crippen molar-refractivity contribution in [3.63, 3.8) is 0 Å². The average Bonchev–Trinajstić information content (AvgIpc) is 2.70. The molecule has 5 nitrogen and oxygen atoms in total. The smallest absolute Gasteiger partial charge is 0.251 e. The standard InChI is InChI=1S/C17H26N2O3/c1-12(2)19-10-4-5-16(20)15(11-19)18-17(21)13-6-8-14(22-3)9-7-13/h6-9,12,15-16,20H,4-5,10-11H2,1-3H3,(H,18,21)/t15-,16-/m1/s1. The molecule has 0 unspecified atom stereocenters. The molecule has 1 fully saturated rings. The zero-order valence-electron chi connectivity index (χ0n) is 13.6. The van der Waals surface area contributed by atoms with Crippen molar-refractivity contribution in [1.29, 1.82) is 0 Å². The van der Waals surface area contributed by atoms with Gasteiger partial charge in [-0.25, -0.2) is 0 Å². The van der Waals surface area contributed by atoms with Gasteiger partial charge in [-0.2, -0.15) is 0 Å². The summed E-state index contributed by atoms with van der Waals surface area (Å²) in [7, 11) is 1.59. The Morgan fingerprint density at radius 2 is 2.05 bits per heavy atom. The third-order valence-corrected chi connectivity index (χ3v) is 4.24. The lowest BCUT2D eigenvalue weighted by Crippen LogP contribution is -2.50. The topological polar surface area (TPSA) is 61.8 Å². The van der Waals surface area contributed by atoms with E-state index >= 15 is 0 Å². The van der Waals surface area contributed by atoms with Crippen molar-refractivity contribution in [2.75, 3.05) is 20.2 Å². The van der Waals surface area contributed by atoms with Crippen LogP contribution >= 0.6 is 0 Å².